The maximum absolute atomic E-state index is 14.2. The molecule has 0 radical (unpaired) electrons. The van der Waals surface area contributed by atoms with Crippen molar-refractivity contribution in [2.45, 2.75) is 111 Å². The number of likely N-dealkylation sites (tertiary alicyclic amines) is 1. The molecule has 10 nitrogen and oxygen atoms in total. The minimum absolute atomic E-state index is 0.0682. The van der Waals surface area contributed by atoms with Crippen LogP contribution in [0.5, 0.6) is 0 Å². The minimum Gasteiger partial charge on any atom is -0.467 e. The van der Waals surface area contributed by atoms with Crippen LogP contribution < -0.4 is 10.6 Å². The van der Waals surface area contributed by atoms with Crippen molar-refractivity contribution in [3.63, 3.8) is 0 Å². The van der Waals surface area contributed by atoms with Crippen LogP contribution in [0, 0.1) is 11.3 Å². The molecule has 0 aromatic heterocycles. The van der Waals surface area contributed by atoms with Gasteiger partial charge in [-0.05, 0) is 57.1 Å². The zero-order valence-corrected chi connectivity index (χ0v) is 32.1. The third kappa shape index (κ3) is 11.1. The van der Waals surface area contributed by atoms with Gasteiger partial charge in [-0.2, -0.15) is 0 Å². The minimum atomic E-state index is -0.982. The molecule has 278 valence electrons. The van der Waals surface area contributed by atoms with Gasteiger partial charge >= 0.3 is 5.97 Å². The number of nitrogens with zero attached hydrogens (tertiary/aromatic N) is 2. The Labute approximate surface area is 304 Å². The molecule has 2 N–H and O–H groups in total. The number of ether oxygens (including phenoxy) is 1. The van der Waals surface area contributed by atoms with Gasteiger partial charge in [0.1, 0.15) is 12.1 Å². The first kappa shape index (κ1) is 41.1. The van der Waals surface area contributed by atoms with Crippen LogP contribution in [0.15, 0.2) is 66.2 Å². The summed E-state index contributed by atoms with van der Waals surface area (Å²) >= 11 is 0. The lowest BCUT2D eigenvalue weighted by atomic mass is 9.84. The molecular formula is C41H58N4O6. The SMILES string of the molecule is COC(=O)[C@H](Cc1ccc(C(=O)c2ccccc2)cc1)NC(=O)C(C)=C[C@H](C(C)C)N(C)C(=O)[C@@H](NC(=O)[C@H]1CCCCN1C(C)C)C(C)(C)C. The Balaban J connectivity index is 1.76. The number of methoxy groups -OCH3 is 1. The average molecular weight is 703 g/mol. The predicted octanol–water partition coefficient (Wildman–Crippen LogP) is 5.34. The number of amides is 3. The van der Waals surface area contributed by atoms with Gasteiger partial charge < -0.3 is 20.3 Å². The molecule has 1 aliphatic heterocycles. The van der Waals surface area contributed by atoms with Crippen molar-refractivity contribution >= 4 is 29.5 Å². The molecule has 0 spiro atoms. The lowest BCUT2D eigenvalue weighted by Crippen LogP contribution is -2.60. The first-order valence-corrected chi connectivity index (χ1v) is 18.0. The highest BCUT2D eigenvalue weighted by Crippen LogP contribution is 2.26. The number of piperidine rings is 1. The molecule has 51 heavy (non-hydrogen) atoms. The lowest BCUT2D eigenvalue weighted by molar-refractivity contribution is -0.144. The number of hydrogen-bond acceptors (Lipinski definition) is 7. The van der Waals surface area contributed by atoms with Gasteiger partial charge in [0.05, 0.1) is 19.2 Å². The Kier molecular flexibility index (Phi) is 14.7. The fourth-order valence-electron chi connectivity index (χ4n) is 6.57. The molecule has 3 rings (SSSR count). The van der Waals surface area contributed by atoms with Crippen molar-refractivity contribution in [3.05, 3.63) is 82.9 Å². The molecule has 0 bridgehead atoms. The van der Waals surface area contributed by atoms with Gasteiger partial charge in [0, 0.05) is 36.2 Å². The number of likely N-dealkylation sites (N-methyl/N-ethyl adjacent to an activating group) is 1. The van der Waals surface area contributed by atoms with E-state index in [0.717, 1.165) is 31.4 Å². The standard InChI is InChI=1S/C41H58N4O6/c1-26(2)34(44(9)39(49)36(41(6,7)8)43-38(48)33-18-14-15-23-45(33)27(3)4)24-28(5)37(47)42-32(40(50)51-10)25-29-19-21-31(22-20-29)35(46)30-16-12-11-13-17-30/h11-13,16-17,19-22,24,26-27,32-34,36H,14-15,18,23,25H2,1-10H3,(H,42,47)(H,43,48)/t32-,33+,34+,36+/m0/s1. The number of rotatable bonds is 14. The third-order valence-electron chi connectivity index (χ3n) is 9.65. The molecule has 2 aromatic carbocycles. The number of ketones is 1. The van der Waals surface area contributed by atoms with E-state index in [4.69, 9.17) is 4.74 Å². The van der Waals surface area contributed by atoms with Gasteiger partial charge in [0.25, 0.3) is 0 Å². The molecule has 4 atom stereocenters. The Morgan fingerprint density at radius 3 is 2.08 bits per heavy atom. The van der Waals surface area contributed by atoms with Crippen molar-refractivity contribution < 1.29 is 28.7 Å². The highest BCUT2D eigenvalue weighted by molar-refractivity contribution is 6.09. The molecule has 1 heterocycles. The Morgan fingerprint density at radius 2 is 1.53 bits per heavy atom. The summed E-state index contributed by atoms with van der Waals surface area (Å²) in [6.45, 7) is 16.4. The second-order valence-electron chi connectivity index (χ2n) is 15.3. The number of nitrogens with one attached hydrogen (secondary N) is 2. The quantitative estimate of drug-likeness (QED) is 0.155. The van der Waals surface area contributed by atoms with Crippen molar-refractivity contribution in [2.75, 3.05) is 20.7 Å². The van der Waals surface area contributed by atoms with Crippen LogP contribution in [-0.4, -0.2) is 90.2 Å². The summed E-state index contributed by atoms with van der Waals surface area (Å²) in [5.74, 6) is -1.63. The summed E-state index contributed by atoms with van der Waals surface area (Å²) in [6.07, 6.45) is 4.66. The topological polar surface area (TPSA) is 125 Å². The Hall–Kier alpha value is -4.31. The van der Waals surface area contributed by atoms with Crippen molar-refractivity contribution in [3.8, 4) is 0 Å². The van der Waals surface area contributed by atoms with Gasteiger partial charge in [-0.1, -0.05) is 102 Å². The third-order valence-corrected chi connectivity index (χ3v) is 9.65. The van der Waals surface area contributed by atoms with E-state index in [2.05, 4.69) is 29.4 Å². The average Bonchev–Trinajstić information content (AvgIpc) is 3.11. The molecule has 1 saturated heterocycles. The molecule has 0 unspecified atom stereocenters. The van der Waals surface area contributed by atoms with E-state index in [9.17, 15) is 24.0 Å². The number of carbonyl (C=O) groups is 5. The first-order chi connectivity index (χ1) is 24.0. The molecule has 2 aromatic rings. The number of benzene rings is 2. The van der Waals surface area contributed by atoms with Gasteiger partial charge in [-0.3, -0.25) is 24.1 Å². The fourth-order valence-corrected chi connectivity index (χ4v) is 6.57. The van der Waals surface area contributed by atoms with Crippen molar-refractivity contribution in [1.29, 1.82) is 0 Å². The number of hydrogen-bond donors (Lipinski definition) is 2. The van der Waals surface area contributed by atoms with E-state index in [0.29, 0.717) is 16.7 Å². The summed E-state index contributed by atoms with van der Waals surface area (Å²) < 4.78 is 5.01. The van der Waals surface area contributed by atoms with Crippen LogP contribution in [0.2, 0.25) is 0 Å². The van der Waals surface area contributed by atoms with Crippen molar-refractivity contribution in [1.82, 2.24) is 20.4 Å². The maximum Gasteiger partial charge on any atom is 0.328 e. The second kappa shape index (κ2) is 18.3. The van der Waals surface area contributed by atoms with E-state index in [-0.39, 0.29) is 42.0 Å². The van der Waals surface area contributed by atoms with Crippen LogP contribution in [0.3, 0.4) is 0 Å². The molecule has 1 aliphatic rings. The predicted molar refractivity (Wildman–Crippen MR) is 200 cm³/mol. The smallest absolute Gasteiger partial charge is 0.328 e. The van der Waals surface area contributed by atoms with E-state index in [1.807, 2.05) is 52.8 Å². The number of carbonyl (C=O) groups excluding carboxylic acids is 5. The molecule has 0 saturated carbocycles. The van der Waals surface area contributed by atoms with Crippen LogP contribution >= 0.6 is 0 Å². The largest absolute Gasteiger partial charge is 0.467 e. The first-order valence-electron chi connectivity index (χ1n) is 18.0. The summed E-state index contributed by atoms with van der Waals surface area (Å²) in [5.41, 5.74) is 1.59. The monoisotopic (exact) mass is 702 g/mol. The molecular weight excluding hydrogens is 644 g/mol. The Bertz CT molecular complexity index is 1540. The normalized spacial score (nSPS) is 17.3. The van der Waals surface area contributed by atoms with E-state index >= 15 is 0 Å². The fraction of sp³-hybridized carbons (Fsp3) is 0.537. The molecule has 10 heteroatoms. The Morgan fingerprint density at radius 1 is 0.922 bits per heavy atom. The molecule has 0 aliphatic carbocycles. The van der Waals surface area contributed by atoms with Crippen molar-refractivity contribution in [2.24, 2.45) is 11.3 Å². The highest BCUT2D eigenvalue weighted by atomic mass is 16.5. The summed E-state index contributed by atoms with van der Waals surface area (Å²) in [6, 6.07) is 13.6. The highest BCUT2D eigenvalue weighted by Gasteiger charge is 2.40. The zero-order valence-electron chi connectivity index (χ0n) is 32.1. The summed E-state index contributed by atoms with van der Waals surface area (Å²) in [4.78, 5) is 70.8. The van der Waals surface area contributed by atoms with Crippen LogP contribution in [-0.2, 0) is 30.3 Å². The van der Waals surface area contributed by atoms with Gasteiger partial charge in [-0.25, -0.2) is 4.79 Å². The second-order valence-corrected chi connectivity index (χ2v) is 15.3. The van der Waals surface area contributed by atoms with Gasteiger partial charge in [0.15, 0.2) is 5.78 Å². The number of esters is 1. The van der Waals surface area contributed by atoms with Gasteiger partial charge in [-0.15, -0.1) is 0 Å². The molecule has 3 amide bonds. The summed E-state index contributed by atoms with van der Waals surface area (Å²) in [5, 5.41) is 5.91. The van der Waals surface area contributed by atoms with E-state index < -0.39 is 35.4 Å². The van der Waals surface area contributed by atoms with Crippen LogP contribution in [0.4, 0.5) is 0 Å². The summed E-state index contributed by atoms with van der Waals surface area (Å²) in [7, 11) is 2.96. The van der Waals surface area contributed by atoms with Crippen LogP contribution in [0.1, 0.15) is 96.1 Å². The zero-order chi connectivity index (χ0) is 38.0. The van der Waals surface area contributed by atoms with E-state index in [1.54, 1.807) is 61.3 Å². The molecule has 1 fully saturated rings. The van der Waals surface area contributed by atoms with Gasteiger partial charge in [0.2, 0.25) is 17.7 Å². The van der Waals surface area contributed by atoms with Crippen LogP contribution in [0.25, 0.3) is 0 Å². The lowest BCUT2D eigenvalue weighted by Gasteiger charge is -2.41. The maximum atomic E-state index is 14.2. The van der Waals surface area contributed by atoms with E-state index in [1.165, 1.54) is 7.11 Å².